The summed E-state index contributed by atoms with van der Waals surface area (Å²) < 4.78 is 0. The number of nitrogens with one attached hydrogen (secondary N) is 1. The summed E-state index contributed by atoms with van der Waals surface area (Å²) in [7, 11) is 0. The van der Waals surface area contributed by atoms with Crippen LogP contribution in [0, 0.1) is 0 Å². The molecule has 1 aromatic carbocycles. The number of rotatable bonds is 5. The molecule has 0 fully saturated rings. The van der Waals surface area contributed by atoms with Crippen molar-refractivity contribution in [3.63, 3.8) is 0 Å². The summed E-state index contributed by atoms with van der Waals surface area (Å²) in [6, 6.07) is 10.0. The smallest absolute Gasteiger partial charge is 0.230 e. The molecule has 0 bridgehead atoms. The highest BCUT2D eigenvalue weighted by atomic mass is 32.2. The van der Waals surface area contributed by atoms with Crippen LogP contribution in [0.3, 0.4) is 0 Å². The van der Waals surface area contributed by atoms with Crippen molar-refractivity contribution < 1.29 is 4.79 Å². The molecule has 2 aromatic heterocycles. The first-order valence-corrected chi connectivity index (χ1v) is 10.2. The Morgan fingerprint density at radius 3 is 2.96 bits per heavy atom. The molecule has 6 heteroatoms. The van der Waals surface area contributed by atoms with Crippen molar-refractivity contribution in [1.29, 1.82) is 0 Å². The number of amides is 1. The molecular formula is C19H19N3OS2. The monoisotopic (exact) mass is 369 g/mol. The van der Waals surface area contributed by atoms with Gasteiger partial charge in [0.15, 0.2) is 0 Å². The number of carbonyl (C=O) groups is 1. The quantitative estimate of drug-likeness (QED) is 0.542. The van der Waals surface area contributed by atoms with Crippen molar-refractivity contribution >= 4 is 39.2 Å². The Bertz CT molecular complexity index is 908. The molecular weight excluding hydrogens is 350 g/mol. The third-order valence-corrected chi connectivity index (χ3v) is 6.67. The maximum atomic E-state index is 12.3. The molecule has 25 heavy (non-hydrogen) atoms. The first-order chi connectivity index (χ1) is 12.2. The molecule has 1 amide bonds. The lowest BCUT2D eigenvalue weighted by Crippen LogP contribution is -2.28. The number of fused-ring (bicyclic) bond motifs is 3. The van der Waals surface area contributed by atoms with Crippen LogP contribution in [-0.2, 0) is 17.6 Å². The predicted octanol–water partition coefficient (Wildman–Crippen LogP) is 4.15. The van der Waals surface area contributed by atoms with Crippen LogP contribution in [0.2, 0.25) is 0 Å². The van der Waals surface area contributed by atoms with Gasteiger partial charge in [-0.15, -0.1) is 11.3 Å². The van der Waals surface area contributed by atoms with E-state index in [-0.39, 0.29) is 11.9 Å². The number of aromatic nitrogens is 2. The Labute approximate surface area is 155 Å². The zero-order valence-corrected chi connectivity index (χ0v) is 15.6. The third kappa shape index (κ3) is 3.41. The Balaban J connectivity index is 1.45. The van der Waals surface area contributed by atoms with E-state index in [1.807, 2.05) is 37.3 Å². The number of carbonyl (C=O) groups excluding carboxylic acids is 1. The molecule has 0 saturated carbocycles. The van der Waals surface area contributed by atoms with Crippen LogP contribution in [0.5, 0.6) is 0 Å². The van der Waals surface area contributed by atoms with E-state index in [2.05, 4.69) is 15.3 Å². The highest BCUT2D eigenvalue weighted by molar-refractivity contribution is 8.00. The van der Waals surface area contributed by atoms with Crippen LogP contribution in [-0.4, -0.2) is 21.6 Å². The number of hydrogen-bond donors (Lipinski definition) is 1. The predicted molar refractivity (Wildman–Crippen MR) is 103 cm³/mol. The topological polar surface area (TPSA) is 54.9 Å². The van der Waals surface area contributed by atoms with Crippen molar-refractivity contribution in [1.82, 2.24) is 15.3 Å². The van der Waals surface area contributed by atoms with E-state index in [9.17, 15) is 4.79 Å². The zero-order valence-electron chi connectivity index (χ0n) is 14.0. The summed E-state index contributed by atoms with van der Waals surface area (Å²) in [5.74, 6) is 0.397. The second-order valence-electron chi connectivity index (χ2n) is 6.20. The Morgan fingerprint density at radius 1 is 1.28 bits per heavy atom. The van der Waals surface area contributed by atoms with Gasteiger partial charge in [-0.2, -0.15) is 0 Å². The maximum Gasteiger partial charge on any atom is 0.230 e. The molecule has 0 unspecified atom stereocenters. The van der Waals surface area contributed by atoms with Gasteiger partial charge in [0.05, 0.1) is 11.8 Å². The van der Waals surface area contributed by atoms with E-state index in [1.165, 1.54) is 34.0 Å². The second-order valence-corrected chi connectivity index (χ2v) is 8.25. The maximum absolute atomic E-state index is 12.3. The van der Waals surface area contributed by atoms with Gasteiger partial charge in [-0.25, -0.2) is 9.97 Å². The largest absolute Gasteiger partial charge is 0.349 e. The summed E-state index contributed by atoms with van der Waals surface area (Å²) in [5.41, 5.74) is 2.52. The number of benzene rings is 1. The van der Waals surface area contributed by atoms with Crippen LogP contribution < -0.4 is 5.32 Å². The highest BCUT2D eigenvalue weighted by Gasteiger charge is 2.21. The minimum absolute atomic E-state index is 0.00473. The summed E-state index contributed by atoms with van der Waals surface area (Å²) in [4.78, 5) is 23.7. The second kappa shape index (κ2) is 7.14. The van der Waals surface area contributed by atoms with Gasteiger partial charge < -0.3 is 5.32 Å². The Kier molecular flexibility index (Phi) is 4.72. The van der Waals surface area contributed by atoms with Crippen LogP contribution in [0.15, 0.2) is 41.7 Å². The van der Waals surface area contributed by atoms with Gasteiger partial charge in [0.25, 0.3) is 0 Å². The Morgan fingerprint density at radius 2 is 2.12 bits per heavy atom. The fourth-order valence-corrected chi connectivity index (χ4v) is 5.38. The molecule has 0 aliphatic heterocycles. The first-order valence-electron chi connectivity index (χ1n) is 8.44. The van der Waals surface area contributed by atoms with Gasteiger partial charge in [-0.3, -0.25) is 4.79 Å². The average Bonchev–Trinajstić information content (AvgIpc) is 3.21. The third-order valence-electron chi connectivity index (χ3n) is 4.48. The fraction of sp³-hybridized carbons (Fsp3) is 0.316. The van der Waals surface area contributed by atoms with Crippen LogP contribution in [0.4, 0.5) is 0 Å². The molecule has 4 rings (SSSR count). The molecule has 1 aliphatic carbocycles. The molecule has 1 aliphatic rings. The minimum atomic E-state index is 0.00473. The van der Waals surface area contributed by atoms with E-state index >= 15 is 0 Å². The molecule has 4 nitrogen and oxygen atoms in total. The number of thioether (sulfide) groups is 1. The lowest BCUT2D eigenvalue weighted by Gasteiger charge is -2.14. The van der Waals surface area contributed by atoms with Gasteiger partial charge in [-0.1, -0.05) is 42.1 Å². The molecule has 0 saturated heterocycles. The molecule has 0 spiro atoms. The van der Waals surface area contributed by atoms with Gasteiger partial charge >= 0.3 is 0 Å². The SMILES string of the molecule is C[C@H](NC(=O)CSc1ncnc2sc3c(c12)CCC3)c1ccccc1. The van der Waals surface area contributed by atoms with Crippen molar-refractivity contribution in [2.24, 2.45) is 0 Å². The van der Waals surface area contributed by atoms with E-state index < -0.39 is 0 Å². The summed E-state index contributed by atoms with van der Waals surface area (Å²) >= 11 is 3.29. The fourth-order valence-electron chi connectivity index (χ4n) is 3.25. The van der Waals surface area contributed by atoms with Gasteiger partial charge in [0.2, 0.25) is 5.91 Å². The Hall–Kier alpha value is -1.92. The molecule has 1 N–H and O–H groups in total. The summed E-state index contributed by atoms with van der Waals surface area (Å²) in [6.07, 6.45) is 5.08. The molecule has 3 aromatic rings. The van der Waals surface area contributed by atoms with Gasteiger partial charge in [-0.05, 0) is 37.3 Å². The van der Waals surface area contributed by atoms with Crippen molar-refractivity contribution in [3.05, 3.63) is 52.7 Å². The van der Waals surface area contributed by atoms with Crippen LogP contribution in [0.1, 0.15) is 35.4 Å². The van der Waals surface area contributed by atoms with E-state index in [1.54, 1.807) is 17.7 Å². The molecule has 128 valence electrons. The number of nitrogens with zero attached hydrogens (tertiary/aromatic N) is 2. The van der Waals surface area contributed by atoms with Crippen molar-refractivity contribution in [2.75, 3.05) is 5.75 Å². The van der Waals surface area contributed by atoms with E-state index in [0.717, 1.165) is 28.3 Å². The lowest BCUT2D eigenvalue weighted by atomic mass is 10.1. The summed E-state index contributed by atoms with van der Waals surface area (Å²) in [6.45, 7) is 2.01. The van der Waals surface area contributed by atoms with Gasteiger partial charge in [0, 0.05) is 10.3 Å². The van der Waals surface area contributed by atoms with E-state index in [4.69, 9.17) is 0 Å². The van der Waals surface area contributed by atoms with Crippen molar-refractivity contribution in [2.45, 2.75) is 37.3 Å². The van der Waals surface area contributed by atoms with Gasteiger partial charge in [0.1, 0.15) is 16.2 Å². The highest BCUT2D eigenvalue weighted by Crippen LogP contribution is 2.39. The number of hydrogen-bond acceptors (Lipinski definition) is 5. The number of aryl methyl sites for hydroxylation is 2. The average molecular weight is 370 g/mol. The molecule has 0 radical (unpaired) electrons. The van der Waals surface area contributed by atoms with Crippen LogP contribution in [0.25, 0.3) is 10.2 Å². The molecule has 2 heterocycles. The molecule has 1 atom stereocenters. The van der Waals surface area contributed by atoms with Crippen LogP contribution >= 0.6 is 23.1 Å². The zero-order chi connectivity index (χ0) is 17.2. The minimum Gasteiger partial charge on any atom is -0.349 e. The standard InChI is InChI=1S/C19H19N3OS2/c1-12(13-6-3-2-4-7-13)22-16(23)10-24-18-17-14-8-5-9-15(14)25-19(17)21-11-20-18/h2-4,6-7,11-12H,5,8-10H2,1H3,(H,22,23)/t12-/m0/s1. The lowest BCUT2D eigenvalue weighted by molar-refractivity contribution is -0.119. The normalized spacial score (nSPS) is 14.4. The number of thiophene rings is 1. The van der Waals surface area contributed by atoms with E-state index in [0.29, 0.717) is 5.75 Å². The summed E-state index contributed by atoms with van der Waals surface area (Å²) in [5, 5.41) is 5.17. The van der Waals surface area contributed by atoms with Crippen molar-refractivity contribution in [3.8, 4) is 0 Å². The first kappa shape index (κ1) is 16.5.